The molecule has 196 valence electrons. The third kappa shape index (κ3) is 4.18. The predicted molar refractivity (Wildman–Crippen MR) is 143 cm³/mol. The summed E-state index contributed by atoms with van der Waals surface area (Å²) in [6, 6.07) is 14.3. The number of nitrogens with zero attached hydrogens (tertiary/aromatic N) is 3. The van der Waals surface area contributed by atoms with Gasteiger partial charge in [-0.1, -0.05) is 63.2 Å². The van der Waals surface area contributed by atoms with Gasteiger partial charge in [0.15, 0.2) is 5.13 Å². The van der Waals surface area contributed by atoms with E-state index in [2.05, 4.69) is 10.3 Å². The van der Waals surface area contributed by atoms with Crippen LogP contribution in [0.4, 0.5) is 10.8 Å². The molecule has 2 bridgehead atoms. The fourth-order valence-corrected chi connectivity index (χ4v) is 6.44. The molecule has 1 N–H and O–H groups in total. The normalized spacial score (nSPS) is 22.8. The standard InChI is InChI=1S/C28H28N4O5S/c1-27(2)20-12-13-28(27,3)25(35)31(24(20)34)22(14-17-8-5-4-6-9-17)23(33)30-26-29-21(16-38-26)18-10-7-11-19(15-18)32(36)37/h4-11,15-16,20,22H,12-14H2,1-3H3,(H,29,30,33). The van der Waals surface area contributed by atoms with E-state index in [1.54, 1.807) is 17.5 Å². The number of thiazole rings is 1. The van der Waals surface area contributed by atoms with Crippen LogP contribution in [0.2, 0.25) is 0 Å². The summed E-state index contributed by atoms with van der Waals surface area (Å²) >= 11 is 1.17. The van der Waals surface area contributed by atoms with Crippen molar-refractivity contribution in [3.8, 4) is 11.3 Å². The molecule has 38 heavy (non-hydrogen) atoms. The Morgan fingerprint density at radius 2 is 1.92 bits per heavy atom. The molecule has 2 fully saturated rings. The van der Waals surface area contributed by atoms with Crippen molar-refractivity contribution in [3.63, 3.8) is 0 Å². The Balaban J connectivity index is 1.45. The van der Waals surface area contributed by atoms with Gasteiger partial charge in [0.1, 0.15) is 6.04 Å². The van der Waals surface area contributed by atoms with Crippen molar-refractivity contribution in [3.05, 3.63) is 75.7 Å². The second kappa shape index (κ2) is 9.43. The van der Waals surface area contributed by atoms with Crippen LogP contribution in [-0.2, 0) is 20.8 Å². The number of aromatic nitrogens is 1. The molecule has 5 rings (SSSR count). The number of imide groups is 1. The maximum atomic E-state index is 13.9. The van der Waals surface area contributed by atoms with Crippen molar-refractivity contribution in [1.29, 1.82) is 0 Å². The number of nitro benzene ring substituents is 1. The summed E-state index contributed by atoms with van der Waals surface area (Å²) < 4.78 is 0. The van der Waals surface area contributed by atoms with Crippen molar-refractivity contribution in [2.75, 3.05) is 5.32 Å². The van der Waals surface area contributed by atoms with Gasteiger partial charge < -0.3 is 5.32 Å². The van der Waals surface area contributed by atoms with Crippen LogP contribution in [-0.4, -0.2) is 38.6 Å². The molecule has 10 heteroatoms. The van der Waals surface area contributed by atoms with E-state index in [1.165, 1.54) is 28.4 Å². The minimum atomic E-state index is -1.04. The van der Waals surface area contributed by atoms with Crippen LogP contribution in [0.3, 0.4) is 0 Å². The number of nitrogens with one attached hydrogen (secondary N) is 1. The topological polar surface area (TPSA) is 123 Å². The van der Waals surface area contributed by atoms with Crippen molar-refractivity contribution in [1.82, 2.24) is 9.88 Å². The zero-order chi connectivity index (χ0) is 27.2. The van der Waals surface area contributed by atoms with Crippen molar-refractivity contribution in [2.24, 2.45) is 16.7 Å². The summed E-state index contributed by atoms with van der Waals surface area (Å²) in [6.45, 7) is 5.84. The van der Waals surface area contributed by atoms with Crippen LogP contribution in [0.25, 0.3) is 11.3 Å². The number of fused-ring (bicyclic) bond motifs is 2. The van der Waals surface area contributed by atoms with Gasteiger partial charge >= 0.3 is 0 Å². The summed E-state index contributed by atoms with van der Waals surface area (Å²) in [5.74, 6) is -1.45. The molecule has 1 aliphatic carbocycles. The Bertz CT molecular complexity index is 1440. The van der Waals surface area contributed by atoms with Crippen LogP contribution in [0.15, 0.2) is 60.0 Å². The maximum absolute atomic E-state index is 13.9. The number of nitro groups is 1. The molecule has 3 unspecified atom stereocenters. The molecule has 3 aromatic rings. The van der Waals surface area contributed by atoms with E-state index < -0.39 is 27.7 Å². The summed E-state index contributed by atoms with van der Waals surface area (Å²) in [6.07, 6.45) is 1.39. The summed E-state index contributed by atoms with van der Waals surface area (Å²) in [5.41, 5.74) is 0.561. The molecule has 3 amide bonds. The highest BCUT2D eigenvalue weighted by molar-refractivity contribution is 7.14. The smallest absolute Gasteiger partial charge is 0.270 e. The number of likely N-dealkylation sites (tertiary alicyclic amines) is 1. The average molecular weight is 533 g/mol. The highest BCUT2D eigenvalue weighted by Gasteiger charge is 2.65. The van der Waals surface area contributed by atoms with E-state index >= 15 is 0 Å². The van der Waals surface area contributed by atoms with Gasteiger partial charge in [-0.2, -0.15) is 0 Å². The molecule has 1 saturated carbocycles. The molecule has 3 atom stereocenters. The van der Waals surface area contributed by atoms with E-state index in [4.69, 9.17) is 0 Å². The number of carbonyl (C=O) groups is 3. The predicted octanol–water partition coefficient (Wildman–Crippen LogP) is 5.08. The van der Waals surface area contributed by atoms with Crippen LogP contribution in [0.5, 0.6) is 0 Å². The Morgan fingerprint density at radius 3 is 2.63 bits per heavy atom. The maximum Gasteiger partial charge on any atom is 0.270 e. The van der Waals surface area contributed by atoms with Crippen molar-refractivity contribution >= 4 is 39.9 Å². The third-order valence-corrected chi connectivity index (χ3v) is 9.18. The molecule has 2 aromatic carbocycles. The molecular weight excluding hydrogens is 504 g/mol. The molecule has 2 aliphatic rings. The van der Waals surface area contributed by atoms with Gasteiger partial charge in [0.25, 0.3) is 5.69 Å². The summed E-state index contributed by atoms with van der Waals surface area (Å²) in [7, 11) is 0. The lowest BCUT2D eigenvalue weighted by atomic mass is 9.62. The first kappa shape index (κ1) is 25.7. The van der Waals surface area contributed by atoms with Gasteiger partial charge in [0.2, 0.25) is 17.7 Å². The van der Waals surface area contributed by atoms with E-state index in [-0.39, 0.29) is 35.0 Å². The van der Waals surface area contributed by atoms with Crippen molar-refractivity contribution in [2.45, 2.75) is 46.1 Å². The Morgan fingerprint density at radius 1 is 1.18 bits per heavy atom. The van der Waals surface area contributed by atoms with Crippen LogP contribution >= 0.6 is 11.3 Å². The van der Waals surface area contributed by atoms with Gasteiger partial charge in [-0.15, -0.1) is 11.3 Å². The number of benzene rings is 2. The minimum Gasteiger partial charge on any atom is -0.300 e. The first-order valence-corrected chi connectivity index (χ1v) is 13.3. The van der Waals surface area contributed by atoms with E-state index in [9.17, 15) is 24.5 Å². The number of amides is 3. The van der Waals surface area contributed by atoms with E-state index in [0.29, 0.717) is 24.1 Å². The summed E-state index contributed by atoms with van der Waals surface area (Å²) in [5, 5.41) is 15.9. The van der Waals surface area contributed by atoms with Gasteiger partial charge in [-0.05, 0) is 23.8 Å². The molecule has 0 radical (unpaired) electrons. The fourth-order valence-electron chi connectivity index (χ4n) is 5.71. The highest BCUT2D eigenvalue weighted by Crippen LogP contribution is 2.60. The monoisotopic (exact) mass is 532 g/mol. The quantitative estimate of drug-likeness (QED) is 0.257. The van der Waals surface area contributed by atoms with Gasteiger partial charge in [0.05, 0.1) is 16.0 Å². The third-order valence-electron chi connectivity index (χ3n) is 8.43. The summed E-state index contributed by atoms with van der Waals surface area (Å²) in [4.78, 5) is 57.6. The number of rotatable bonds is 7. The molecule has 1 aliphatic heterocycles. The largest absolute Gasteiger partial charge is 0.300 e. The number of hydrogen-bond acceptors (Lipinski definition) is 7. The average Bonchev–Trinajstić information content (AvgIpc) is 3.43. The van der Waals surface area contributed by atoms with Gasteiger partial charge in [-0.3, -0.25) is 29.4 Å². The van der Waals surface area contributed by atoms with Crippen molar-refractivity contribution < 1.29 is 19.3 Å². The van der Waals surface area contributed by atoms with Crippen LogP contribution in [0.1, 0.15) is 39.2 Å². The minimum absolute atomic E-state index is 0.0582. The zero-order valence-corrected chi connectivity index (χ0v) is 22.2. The second-order valence-electron chi connectivity index (χ2n) is 10.7. The Kier molecular flexibility index (Phi) is 6.38. The molecule has 9 nitrogen and oxygen atoms in total. The lowest BCUT2D eigenvalue weighted by Gasteiger charge is -2.49. The SMILES string of the molecule is CC12CCC(C(=O)N(C(Cc3ccccc3)C(=O)Nc3nc(-c4cccc([N+](=O)[O-])c4)cs3)C1=O)C2(C)C. The van der Waals surface area contributed by atoms with Crippen LogP contribution < -0.4 is 5.32 Å². The van der Waals surface area contributed by atoms with E-state index in [0.717, 1.165) is 5.56 Å². The first-order valence-electron chi connectivity index (χ1n) is 12.5. The number of hydrogen-bond donors (Lipinski definition) is 1. The lowest BCUT2D eigenvalue weighted by Crippen LogP contribution is -2.64. The fraction of sp³-hybridized carbons (Fsp3) is 0.357. The van der Waals surface area contributed by atoms with Gasteiger partial charge in [0, 0.05) is 35.4 Å². The molecule has 1 saturated heterocycles. The lowest BCUT2D eigenvalue weighted by molar-refractivity contribution is -0.384. The molecule has 1 aromatic heterocycles. The molecular formula is C28H28N4O5S. The van der Waals surface area contributed by atoms with E-state index in [1.807, 2.05) is 51.1 Å². The first-order chi connectivity index (χ1) is 18.0. The highest BCUT2D eigenvalue weighted by atomic mass is 32.1. The zero-order valence-electron chi connectivity index (χ0n) is 21.3. The number of anilines is 1. The number of non-ortho nitro benzene ring substituents is 1. The Hall–Kier alpha value is -3.92. The number of carbonyl (C=O) groups excluding carboxylic acids is 3. The van der Waals surface area contributed by atoms with Crippen LogP contribution in [0, 0.1) is 26.9 Å². The van der Waals surface area contributed by atoms with Gasteiger partial charge in [-0.25, -0.2) is 4.98 Å². The molecule has 2 heterocycles. The molecule has 0 spiro atoms. The Labute approximate surface area is 224 Å². The number of piperidine rings is 1. The second-order valence-corrected chi connectivity index (χ2v) is 11.6.